The molecule has 0 aromatic heterocycles. The number of hydrogen-bond donors (Lipinski definition) is 10. The Hall–Kier alpha value is -5.03. The average Bonchev–Trinajstić information content (AvgIpc) is 3.91. The maximum absolute atomic E-state index is 13.9. The number of rotatable bonds is 25. The number of aliphatic hydroxyl groups is 1. The largest absolute Gasteiger partial charge is 0.481 e. The molecule has 356 valence electrons. The summed E-state index contributed by atoms with van der Waals surface area (Å²) in [5.41, 5.74) is 6.03. The molecule has 0 aliphatic carbocycles. The monoisotopic (exact) mass is 913 g/mol. The van der Waals surface area contributed by atoms with Crippen LogP contribution in [-0.2, 0) is 47.9 Å². The zero-order valence-electron chi connectivity index (χ0n) is 37.1. The number of nitrogens with two attached hydrogens (primary N) is 1. The SMILES string of the molecule is CSCCC(NC(=O)CNC(=O)C1CCCN1C(=O)C(N)C(C)C)C(=O)NC(CC(=O)O)C(=O)NC(C(=O)NC(CC(C)C)C(=O)N1CCCC1C(=O)NC(CO)C(=O)O)C(C)C. The molecule has 8 atom stereocenters. The van der Waals surface area contributed by atoms with E-state index in [4.69, 9.17) is 5.73 Å². The van der Waals surface area contributed by atoms with E-state index in [9.17, 15) is 63.3 Å². The van der Waals surface area contributed by atoms with Gasteiger partial charge in [-0.1, -0.05) is 41.5 Å². The summed E-state index contributed by atoms with van der Waals surface area (Å²) in [6.45, 7) is 9.38. The maximum atomic E-state index is 13.9. The number of carboxylic acids is 2. The molecule has 2 fully saturated rings. The number of amides is 8. The molecule has 8 unspecified atom stereocenters. The first-order valence-corrected chi connectivity index (χ1v) is 22.6. The Kier molecular flexibility index (Phi) is 22.3. The molecule has 8 amide bonds. The molecule has 0 aromatic rings. The lowest BCUT2D eigenvalue weighted by Crippen LogP contribution is -2.61. The number of hydrogen-bond acceptors (Lipinski definition) is 13. The molecule has 63 heavy (non-hydrogen) atoms. The summed E-state index contributed by atoms with van der Waals surface area (Å²) in [5.74, 6) is -9.42. The van der Waals surface area contributed by atoms with Gasteiger partial charge < -0.3 is 62.8 Å². The highest BCUT2D eigenvalue weighted by Gasteiger charge is 2.41. The van der Waals surface area contributed by atoms with Crippen molar-refractivity contribution in [3.63, 3.8) is 0 Å². The molecule has 0 saturated carbocycles. The fraction of sp³-hybridized carbons (Fsp3) is 0.750. The Morgan fingerprint density at radius 1 is 0.683 bits per heavy atom. The van der Waals surface area contributed by atoms with Gasteiger partial charge in [-0.05, 0) is 68.3 Å². The van der Waals surface area contributed by atoms with E-state index in [2.05, 4.69) is 31.9 Å². The van der Waals surface area contributed by atoms with Gasteiger partial charge in [0.15, 0.2) is 0 Å². The highest BCUT2D eigenvalue weighted by molar-refractivity contribution is 7.98. The molecule has 0 bridgehead atoms. The van der Waals surface area contributed by atoms with Gasteiger partial charge in [-0.25, -0.2) is 4.79 Å². The highest BCUT2D eigenvalue weighted by Crippen LogP contribution is 2.22. The van der Waals surface area contributed by atoms with Crippen LogP contribution in [0.3, 0.4) is 0 Å². The number of carbonyl (C=O) groups is 10. The van der Waals surface area contributed by atoms with Gasteiger partial charge in [0.1, 0.15) is 42.3 Å². The zero-order valence-corrected chi connectivity index (χ0v) is 38.0. The second kappa shape index (κ2) is 25.9. The lowest BCUT2D eigenvalue weighted by molar-refractivity contribution is -0.146. The molecule has 2 aliphatic rings. The molecule has 0 radical (unpaired) electrons. The summed E-state index contributed by atoms with van der Waals surface area (Å²) in [4.78, 5) is 133. The van der Waals surface area contributed by atoms with Gasteiger partial charge in [-0.2, -0.15) is 11.8 Å². The molecule has 11 N–H and O–H groups in total. The van der Waals surface area contributed by atoms with Gasteiger partial charge in [0, 0.05) is 13.1 Å². The number of nitrogens with one attached hydrogen (secondary N) is 6. The number of likely N-dealkylation sites (tertiary alicyclic amines) is 2. The normalized spacial score (nSPS) is 19.0. The summed E-state index contributed by atoms with van der Waals surface area (Å²) < 4.78 is 0. The lowest BCUT2D eigenvalue weighted by Gasteiger charge is -2.32. The van der Waals surface area contributed by atoms with Crippen LogP contribution in [0.15, 0.2) is 0 Å². The van der Waals surface area contributed by atoms with Crippen molar-refractivity contribution >= 4 is 71.0 Å². The number of aliphatic carboxylic acids is 2. The minimum Gasteiger partial charge on any atom is -0.481 e. The second-order valence-corrected chi connectivity index (χ2v) is 17.9. The molecule has 2 aliphatic heterocycles. The van der Waals surface area contributed by atoms with Crippen LogP contribution in [0.25, 0.3) is 0 Å². The molecule has 2 heterocycles. The van der Waals surface area contributed by atoms with Gasteiger partial charge in [-0.3, -0.25) is 43.2 Å². The third kappa shape index (κ3) is 16.6. The first-order chi connectivity index (χ1) is 29.5. The van der Waals surface area contributed by atoms with Crippen molar-refractivity contribution in [3.05, 3.63) is 0 Å². The van der Waals surface area contributed by atoms with Crippen molar-refractivity contribution in [2.45, 2.75) is 135 Å². The fourth-order valence-electron chi connectivity index (χ4n) is 7.17. The van der Waals surface area contributed by atoms with E-state index in [1.165, 1.54) is 21.6 Å². The van der Waals surface area contributed by atoms with Crippen LogP contribution >= 0.6 is 11.8 Å². The lowest BCUT2D eigenvalue weighted by atomic mass is 9.98. The first-order valence-electron chi connectivity index (χ1n) is 21.2. The Labute approximate surface area is 371 Å². The third-order valence-corrected chi connectivity index (χ3v) is 11.4. The second-order valence-electron chi connectivity index (χ2n) is 16.9. The van der Waals surface area contributed by atoms with Crippen molar-refractivity contribution in [3.8, 4) is 0 Å². The average molecular weight is 914 g/mol. The Morgan fingerprint density at radius 3 is 1.75 bits per heavy atom. The van der Waals surface area contributed by atoms with E-state index in [1.807, 2.05) is 0 Å². The predicted molar refractivity (Wildman–Crippen MR) is 229 cm³/mol. The molecule has 0 aromatic carbocycles. The quantitative estimate of drug-likeness (QED) is 0.0453. The molecular formula is C40H67N9O13S. The van der Waals surface area contributed by atoms with Crippen molar-refractivity contribution in [2.24, 2.45) is 23.5 Å². The topological polar surface area (TPSA) is 336 Å². The predicted octanol–water partition coefficient (Wildman–Crippen LogP) is -2.50. The third-order valence-electron chi connectivity index (χ3n) is 10.7. The number of thioether (sulfide) groups is 1. The van der Waals surface area contributed by atoms with E-state index in [-0.39, 0.29) is 43.6 Å². The van der Waals surface area contributed by atoms with E-state index < -0.39 is 127 Å². The minimum absolute atomic E-state index is 0.0511. The van der Waals surface area contributed by atoms with Gasteiger partial charge >= 0.3 is 11.9 Å². The minimum atomic E-state index is -1.73. The van der Waals surface area contributed by atoms with Crippen molar-refractivity contribution < 1.29 is 63.3 Å². The van der Waals surface area contributed by atoms with Crippen molar-refractivity contribution in [1.29, 1.82) is 0 Å². The summed E-state index contributed by atoms with van der Waals surface area (Å²) in [5, 5.41) is 43.1. The molecule has 2 rings (SSSR count). The van der Waals surface area contributed by atoms with Crippen LogP contribution in [0.2, 0.25) is 0 Å². The van der Waals surface area contributed by atoms with Crippen molar-refractivity contribution in [1.82, 2.24) is 41.7 Å². The van der Waals surface area contributed by atoms with Gasteiger partial charge in [-0.15, -0.1) is 0 Å². The number of aliphatic hydroxyl groups excluding tert-OH is 1. The molecule has 0 spiro atoms. The van der Waals surface area contributed by atoms with Crippen LogP contribution in [0.4, 0.5) is 0 Å². The van der Waals surface area contributed by atoms with Gasteiger partial charge in [0.2, 0.25) is 47.3 Å². The molecule has 22 nitrogen and oxygen atoms in total. The van der Waals surface area contributed by atoms with Gasteiger partial charge in [0.25, 0.3) is 0 Å². The Balaban J connectivity index is 2.19. The number of carbonyl (C=O) groups excluding carboxylic acids is 8. The summed E-state index contributed by atoms with van der Waals surface area (Å²) in [7, 11) is 0. The molecular weight excluding hydrogens is 847 g/mol. The van der Waals surface area contributed by atoms with Crippen LogP contribution in [0, 0.1) is 17.8 Å². The Bertz CT molecular complexity index is 1670. The Morgan fingerprint density at radius 2 is 1.24 bits per heavy atom. The summed E-state index contributed by atoms with van der Waals surface area (Å²) in [6.07, 6.45) is 2.55. The van der Waals surface area contributed by atoms with Crippen LogP contribution < -0.4 is 37.6 Å². The fourth-order valence-corrected chi connectivity index (χ4v) is 7.64. The number of carboxylic acid groups (broad SMARTS) is 2. The maximum Gasteiger partial charge on any atom is 0.328 e. The molecule has 23 heteroatoms. The summed E-state index contributed by atoms with van der Waals surface area (Å²) >= 11 is 1.35. The van der Waals surface area contributed by atoms with Crippen LogP contribution in [0.1, 0.15) is 86.5 Å². The van der Waals surface area contributed by atoms with E-state index >= 15 is 0 Å². The standard InChI is InChI=1S/C40H67N9O13S/c1-20(2)16-25(38(59)48-13-9-11-28(48)36(57)46-26(19-50)40(61)62)45-37(58)32(22(5)6)47-34(55)24(17-30(52)53)44-33(54)23(12-15-63-7)43-29(51)18-42-35(56)27-10-8-14-49(27)39(60)31(41)21(3)4/h20-28,31-32,50H,8-19,41H2,1-7H3,(H,42,56)(H,43,51)(H,44,54)(H,45,58)(H,46,57)(H,47,55)(H,52,53)(H,61,62). The molecule has 2 saturated heterocycles. The van der Waals surface area contributed by atoms with E-state index in [0.717, 1.165) is 0 Å². The first kappa shape index (κ1) is 54.1. The summed E-state index contributed by atoms with van der Waals surface area (Å²) in [6, 6.07) is -9.85. The van der Waals surface area contributed by atoms with Gasteiger partial charge in [0.05, 0.1) is 25.6 Å². The highest BCUT2D eigenvalue weighted by atomic mass is 32.2. The zero-order chi connectivity index (χ0) is 47.7. The smallest absolute Gasteiger partial charge is 0.328 e. The van der Waals surface area contributed by atoms with Crippen LogP contribution in [-0.4, -0.2) is 171 Å². The van der Waals surface area contributed by atoms with E-state index in [0.29, 0.717) is 31.6 Å². The van der Waals surface area contributed by atoms with Crippen LogP contribution in [0.5, 0.6) is 0 Å². The van der Waals surface area contributed by atoms with E-state index in [1.54, 1.807) is 47.8 Å². The van der Waals surface area contributed by atoms with Crippen molar-refractivity contribution in [2.75, 3.05) is 38.2 Å². The number of nitrogens with zero attached hydrogens (tertiary/aromatic N) is 2.